The van der Waals surface area contributed by atoms with E-state index in [2.05, 4.69) is 9.97 Å². The van der Waals surface area contributed by atoms with Gasteiger partial charge in [-0.2, -0.15) is 5.10 Å². The van der Waals surface area contributed by atoms with Crippen molar-refractivity contribution in [2.75, 3.05) is 32.1 Å². The molecule has 0 aliphatic rings. The monoisotopic (exact) mass is 604 g/mol. The molecule has 222 valence electrons. The maximum Gasteiger partial charge on any atom is 0.278 e. The topological polar surface area (TPSA) is 158 Å². The lowest BCUT2D eigenvalue weighted by Crippen LogP contribution is -2.29. The number of benzene rings is 2. The Hall–Kier alpha value is -5.21. The molecule has 0 saturated heterocycles. The first-order valence-electron chi connectivity index (χ1n) is 12.8. The highest BCUT2D eigenvalue weighted by Crippen LogP contribution is 2.39. The Labute approximate surface area is 247 Å². The molecule has 0 aliphatic carbocycles. The van der Waals surface area contributed by atoms with Crippen molar-refractivity contribution in [3.8, 4) is 22.9 Å². The second-order valence-electron chi connectivity index (χ2n) is 9.25. The Bertz CT molecular complexity index is 1890. The lowest BCUT2D eigenvalue weighted by Gasteiger charge is -2.27. The highest BCUT2D eigenvalue weighted by molar-refractivity contribution is 7.91. The average molecular weight is 605 g/mol. The number of hydrogen-bond acceptors (Lipinski definition) is 11. The van der Waals surface area contributed by atoms with E-state index in [9.17, 15) is 18.4 Å². The van der Waals surface area contributed by atoms with Gasteiger partial charge in [-0.05, 0) is 55.5 Å². The standard InChI is InChI=1S/C29H28N6O7S/c1-18-26-27(34(19-6-5-13-30-15-19)17-43(38,39)22-10-7-20(40-2)8-11-22)23(29(36)33-37)16-31-28(26)35(32-18)24-12-9-21(41-3)14-25(24)42-4/h5-16,37H,17H2,1-4H3,(H,33,36). The summed E-state index contributed by atoms with van der Waals surface area (Å²) >= 11 is 0. The van der Waals surface area contributed by atoms with Crippen LogP contribution in [0.15, 0.2) is 78.1 Å². The summed E-state index contributed by atoms with van der Waals surface area (Å²) in [6, 6.07) is 14.5. The minimum atomic E-state index is -4.01. The number of methoxy groups -OCH3 is 3. The SMILES string of the molecule is COc1ccc(S(=O)(=O)CN(c2cccnc2)c2c(C(=O)NO)cnc3c2c(C)nn3-c2ccc(OC)cc2OC)cc1. The maximum absolute atomic E-state index is 13.8. The summed E-state index contributed by atoms with van der Waals surface area (Å²) < 4.78 is 45.2. The van der Waals surface area contributed by atoms with Crippen LogP contribution in [0.5, 0.6) is 17.2 Å². The Morgan fingerprint density at radius 1 is 1.00 bits per heavy atom. The van der Waals surface area contributed by atoms with Crippen LogP contribution in [0.3, 0.4) is 0 Å². The molecule has 0 atom stereocenters. The molecule has 0 unspecified atom stereocenters. The van der Waals surface area contributed by atoms with Crippen molar-refractivity contribution in [3.63, 3.8) is 0 Å². The zero-order valence-electron chi connectivity index (χ0n) is 23.7. The van der Waals surface area contributed by atoms with E-state index in [0.29, 0.717) is 45.4 Å². The predicted octanol–water partition coefficient (Wildman–Crippen LogP) is 3.84. The summed E-state index contributed by atoms with van der Waals surface area (Å²) in [5.41, 5.74) is 3.33. The molecule has 1 amide bonds. The largest absolute Gasteiger partial charge is 0.497 e. The van der Waals surface area contributed by atoms with Crippen LogP contribution in [0.2, 0.25) is 0 Å². The number of hydroxylamine groups is 1. The van der Waals surface area contributed by atoms with Gasteiger partial charge in [0.2, 0.25) is 0 Å². The zero-order chi connectivity index (χ0) is 30.7. The van der Waals surface area contributed by atoms with Gasteiger partial charge in [0, 0.05) is 18.5 Å². The van der Waals surface area contributed by atoms with Crippen LogP contribution in [-0.2, 0) is 9.84 Å². The number of hydrogen-bond donors (Lipinski definition) is 2. The van der Waals surface area contributed by atoms with E-state index < -0.39 is 21.6 Å². The molecule has 0 saturated carbocycles. The number of nitrogens with zero attached hydrogens (tertiary/aromatic N) is 5. The molecule has 0 spiro atoms. The van der Waals surface area contributed by atoms with Gasteiger partial charge >= 0.3 is 0 Å². The molecule has 2 aromatic carbocycles. The summed E-state index contributed by atoms with van der Waals surface area (Å²) in [6.45, 7) is 1.71. The average Bonchev–Trinajstić information content (AvgIpc) is 3.38. The number of aromatic nitrogens is 4. The van der Waals surface area contributed by atoms with Crippen LogP contribution in [-0.4, -0.2) is 66.5 Å². The van der Waals surface area contributed by atoms with E-state index in [1.807, 2.05) is 0 Å². The fourth-order valence-corrected chi connectivity index (χ4v) is 5.99. The summed E-state index contributed by atoms with van der Waals surface area (Å²) in [6.07, 6.45) is 4.27. The van der Waals surface area contributed by atoms with Gasteiger partial charge in [-0.25, -0.2) is 23.6 Å². The van der Waals surface area contributed by atoms with Crippen LogP contribution in [0.1, 0.15) is 16.1 Å². The number of sulfone groups is 1. The smallest absolute Gasteiger partial charge is 0.278 e. The summed E-state index contributed by atoms with van der Waals surface area (Å²) in [5.74, 6) is 0.0187. The summed E-state index contributed by atoms with van der Waals surface area (Å²) in [5, 5.41) is 14.7. The Balaban J connectivity index is 1.78. The van der Waals surface area contributed by atoms with Crippen molar-refractivity contribution in [1.29, 1.82) is 0 Å². The van der Waals surface area contributed by atoms with Crippen LogP contribution in [0.4, 0.5) is 11.4 Å². The molecule has 2 N–H and O–H groups in total. The number of rotatable bonds is 10. The van der Waals surface area contributed by atoms with E-state index in [0.717, 1.165) is 0 Å². The molecule has 14 heteroatoms. The van der Waals surface area contributed by atoms with Gasteiger partial charge in [-0.15, -0.1) is 0 Å². The zero-order valence-corrected chi connectivity index (χ0v) is 24.5. The molecule has 0 fully saturated rings. The molecule has 3 heterocycles. The molecule has 5 aromatic rings. The van der Waals surface area contributed by atoms with Crippen molar-refractivity contribution < 1.29 is 32.6 Å². The number of carbonyl (C=O) groups excluding carboxylic acids is 1. The lowest BCUT2D eigenvalue weighted by molar-refractivity contribution is 0.0706. The fourth-order valence-electron chi connectivity index (χ4n) is 4.68. The number of carbonyl (C=O) groups is 1. The first kappa shape index (κ1) is 29.3. The second-order valence-corrected chi connectivity index (χ2v) is 11.2. The van der Waals surface area contributed by atoms with Gasteiger partial charge < -0.3 is 19.1 Å². The quantitative estimate of drug-likeness (QED) is 0.176. The molecule has 0 bridgehead atoms. The number of pyridine rings is 2. The molecule has 0 aliphatic heterocycles. The van der Waals surface area contributed by atoms with Crippen molar-refractivity contribution in [2.45, 2.75) is 11.8 Å². The number of nitrogens with one attached hydrogen (secondary N) is 1. The van der Waals surface area contributed by atoms with E-state index >= 15 is 0 Å². The van der Waals surface area contributed by atoms with Gasteiger partial charge in [0.15, 0.2) is 15.5 Å². The van der Waals surface area contributed by atoms with Gasteiger partial charge in [-0.1, -0.05) is 0 Å². The van der Waals surface area contributed by atoms with Crippen molar-refractivity contribution >= 4 is 38.2 Å². The van der Waals surface area contributed by atoms with Crippen LogP contribution in [0.25, 0.3) is 16.7 Å². The first-order chi connectivity index (χ1) is 20.7. The Morgan fingerprint density at radius 2 is 1.72 bits per heavy atom. The van der Waals surface area contributed by atoms with Crippen molar-refractivity contribution in [1.82, 2.24) is 25.2 Å². The molecule has 43 heavy (non-hydrogen) atoms. The lowest BCUT2D eigenvalue weighted by atomic mass is 10.1. The third-order valence-corrected chi connectivity index (χ3v) is 8.34. The Morgan fingerprint density at radius 3 is 2.35 bits per heavy atom. The minimum absolute atomic E-state index is 0.0380. The van der Waals surface area contributed by atoms with Gasteiger partial charge in [0.1, 0.15) is 28.8 Å². The molecular weight excluding hydrogens is 576 g/mol. The van der Waals surface area contributed by atoms with Crippen molar-refractivity contribution in [2.24, 2.45) is 0 Å². The summed E-state index contributed by atoms with van der Waals surface area (Å²) in [7, 11) is 0.524. The highest BCUT2D eigenvalue weighted by atomic mass is 32.2. The van der Waals surface area contributed by atoms with Gasteiger partial charge in [0.25, 0.3) is 5.91 Å². The number of amides is 1. The molecular formula is C29H28N6O7S. The summed E-state index contributed by atoms with van der Waals surface area (Å²) in [4.78, 5) is 23.2. The molecule has 0 radical (unpaired) electrons. The molecule has 13 nitrogen and oxygen atoms in total. The second kappa shape index (κ2) is 12.0. The Kier molecular flexibility index (Phi) is 8.14. The van der Waals surface area contributed by atoms with Crippen molar-refractivity contribution in [3.05, 3.63) is 84.4 Å². The van der Waals surface area contributed by atoms with Crippen LogP contribution < -0.4 is 24.6 Å². The minimum Gasteiger partial charge on any atom is -0.497 e. The highest BCUT2D eigenvalue weighted by Gasteiger charge is 2.30. The third kappa shape index (κ3) is 5.52. The normalized spacial score (nSPS) is 11.3. The maximum atomic E-state index is 13.8. The van der Waals surface area contributed by atoms with E-state index in [4.69, 9.17) is 19.3 Å². The number of ether oxygens (including phenoxy) is 3. The van der Waals surface area contributed by atoms with Crippen LogP contribution in [0, 0.1) is 6.92 Å². The molecule has 5 rings (SSSR count). The van der Waals surface area contributed by atoms with E-state index in [1.165, 1.54) is 55.4 Å². The predicted molar refractivity (Wildman–Crippen MR) is 157 cm³/mol. The van der Waals surface area contributed by atoms with Gasteiger partial charge in [0.05, 0.1) is 60.4 Å². The van der Waals surface area contributed by atoms with Crippen LogP contribution >= 0.6 is 0 Å². The fraction of sp³-hybridized carbons (Fsp3) is 0.172. The number of anilines is 2. The third-order valence-electron chi connectivity index (χ3n) is 6.75. The van der Waals surface area contributed by atoms with E-state index in [-0.39, 0.29) is 16.1 Å². The van der Waals surface area contributed by atoms with Gasteiger partial charge in [-0.3, -0.25) is 15.0 Å². The number of aryl methyl sites for hydroxylation is 1. The molecule has 3 aromatic heterocycles. The van der Waals surface area contributed by atoms with E-state index in [1.54, 1.807) is 61.1 Å². The first-order valence-corrected chi connectivity index (χ1v) is 14.5. The number of fused-ring (bicyclic) bond motifs is 1.